The molecule has 1 N–H and O–H groups in total. The van der Waals surface area contributed by atoms with Crippen LogP contribution in [0.25, 0.3) is 0 Å². The zero-order valence-corrected chi connectivity index (χ0v) is 13.9. The number of amides is 1. The molecular formula is C14H14BrF3N4O. The Bertz CT molecular complexity index is 700. The zero-order chi connectivity index (χ0) is 17.2. The molecule has 2 heterocycles. The average molecular weight is 391 g/mol. The highest BCUT2D eigenvalue weighted by Crippen LogP contribution is 2.36. The standard InChI is InChI=1S/C14H14BrF3N4O/c1-8-11(15)12(14(16,17)18)21-22(8)9(2)13(23)20-7-10-4-3-5-19-6-10/h3-6,9H,7H2,1-2H3,(H,20,23)/t9-/m1/s1. The van der Waals surface area contributed by atoms with E-state index in [1.165, 1.54) is 13.8 Å². The van der Waals surface area contributed by atoms with Crippen LogP contribution in [0.15, 0.2) is 29.0 Å². The third-order valence-electron chi connectivity index (χ3n) is 3.28. The summed E-state index contributed by atoms with van der Waals surface area (Å²) in [4.78, 5) is 16.1. The molecule has 23 heavy (non-hydrogen) atoms. The first-order chi connectivity index (χ1) is 10.7. The van der Waals surface area contributed by atoms with Crippen molar-refractivity contribution in [2.45, 2.75) is 32.6 Å². The molecule has 0 aromatic carbocycles. The smallest absolute Gasteiger partial charge is 0.350 e. The molecule has 0 fully saturated rings. The molecule has 0 unspecified atom stereocenters. The van der Waals surface area contributed by atoms with Gasteiger partial charge in [-0.05, 0) is 41.4 Å². The predicted molar refractivity (Wildman–Crippen MR) is 80.5 cm³/mol. The highest BCUT2D eigenvalue weighted by molar-refractivity contribution is 9.10. The summed E-state index contributed by atoms with van der Waals surface area (Å²) in [7, 11) is 0. The molecular weight excluding hydrogens is 377 g/mol. The number of carbonyl (C=O) groups excluding carboxylic acids is 1. The molecule has 5 nitrogen and oxygen atoms in total. The fourth-order valence-electron chi connectivity index (χ4n) is 2.01. The third-order valence-corrected chi connectivity index (χ3v) is 4.23. The maximum absolute atomic E-state index is 12.9. The van der Waals surface area contributed by atoms with Gasteiger partial charge in [0, 0.05) is 18.9 Å². The van der Waals surface area contributed by atoms with Crippen LogP contribution in [0.5, 0.6) is 0 Å². The highest BCUT2D eigenvalue weighted by atomic mass is 79.9. The quantitative estimate of drug-likeness (QED) is 0.871. The minimum atomic E-state index is -4.58. The van der Waals surface area contributed by atoms with E-state index >= 15 is 0 Å². The number of hydrogen-bond acceptors (Lipinski definition) is 3. The lowest BCUT2D eigenvalue weighted by molar-refractivity contribution is -0.142. The van der Waals surface area contributed by atoms with E-state index in [4.69, 9.17) is 0 Å². The number of nitrogens with one attached hydrogen (secondary N) is 1. The third kappa shape index (κ3) is 3.90. The average Bonchev–Trinajstić information content (AvgIpc) is 2.81. The number of hydrogen-bond donors (Lipinski definition) is 1. The number of pyridine rings is 1. The van der Waals surface area contributed by atoms with E-state index in [2.05, 4.69) is 31.3 Å². The van der Waals surface area contributed by atoms with Crippen molar-refractivity contribution in [1.82, 2.24) is 20.1 Å². The van der Waals surface area contributed by atoms with Gasteiger partial charge in [-0.15, -0.1) is 0 Å². The summed E-state index contributed by atoms with van der Waals surface area (Å²) in [5.41, 5.74) is -0.00865. The number of rotatable bonds is 4. The topological polar surface area (TPSA) is 59.8 Å². The van der Waals surface area contributed by atoms with Gasteiger partial charge in [0.15, 0.2) is 5.69 Å². The second-order valence-electron chi connectivity index (χ2n) is 4.95. The van der Waals surface area contributed by atoms with E-state index in [1.807, 2.05) is 0 Å². The summed E-state index contributed by atoms with van der Waals surface area (Å²) in [6.07, 6.45) is -1.37. The lowest BCUT2D eigenvalue weighted by Gasteiger charge is -2.14. The van der Waals surface area contributed by atoms with Gasteiger partial charge in [0.2, 0.25) is 5.91 Å². The molecule has 9 heteroatoms. The molecule has 0 aliphatic heterocycles. The fourth-order valence-corrected chi connectivity index (χ4v) is 2.49. The number of carbonyl (C=O) groups is 1. The molecule has 0 aliphatic carbocycles. The van der Waals surface area contributed by atoms with Gasteiger partial charge in [-0.2, -0.15) is 18.3 Å². The van der Waals surface area contributed by atoms with Gasteiger partial charge >= 0.3 is 6.18 Å². The van der Waals surface area contributed by atoms with Crippen molar-refractivity contribution < 1.29 is 18.0 Å². The molecule has 1 amide bonds. The number of aromatic nitrogens is 3. The molecule has 0 aliphatic rings. The van der Waals surface area contributed by atoms with Crippen molar-refractivity contribution in [3.05, 3.63) is 46.0 Å². The van der Waals surface area contributed by atoms with Gasteiger partial charge in [0.05, 0.1) is 10.2 Å². The first-order valence-corrected chi connectivity index (χ1v) is 7.49. The Balaban J connectivity index is 2.14. The van der Waals surface area contributed by atoms with Crippen molar-refractivity contribution in [2.24, 2.45) is 0 Å². The molecule has 0 radical (unpaired) electrons. The minimum Gasteiger partial charge on any atom is -0.350 e. The Morgan fingerprint density at radius 3 is 2.70 bits per heavy atom. The zero-order valence-electron chi connectivity index (χ0n) is 12.4. The van der Waals surface area contributed by atoms with Gasteiger partial charge in [-0.25, -0.2) is 0 Å². The summed E-state index contributed by atoms with van der Waals surface area (Å²) in [6, 6.07) is 2.64. The van der Waals surface area contributed by atoms with E-state index in [-0.39, 0.29) is 16.7 Å². The highest BCUT2D eigenvalue weighted by Gasteiger charge is 2.38. The molecule has 1 atom stereocenters. The van der Waals surface area contributed by atoms with Crippen LogP contribution < -0.4 is 5.32 Å². The first kappa shape index (κ1) is 17.5. The second kappa shape index (κ2) is 6.69. The normalized spacial score (nSPS) is 13.0. The lowest BCUT2D eigenvalue weighted by atomic mass is 10.2. The molecule has 124 valence electrons. The van der Waals surface area contributed by atoms with Crippen LogP contribution in [0, 0.1) is 6.92 Å². The summed E-state index contributed by atoms with van der Waals surface area (Å²) in [5, 5.41) is 6.18. The lowest BCUT2D eigenvalue weighted by Crippen LogP contribution is -2.31. The number of alkyl halides is 3. The van der Waals surface area contributed by atoms with Gasteiger partial charge in [-0.3, -0.25) is 14.5 Å². The fraction of sp³-hybridized carbons (Fsp3) is 0.357. The van der Waals surface area contributed by atoms with E-state index in [0.717, 1.165) is 10.2 Å². The Labute approximate surface area is 139 Å². The van der Waals surface area contributed by atoms with Crippen molar-refractivity contribution in [3.8, 4) is 0 Å². The van der Waals surface area contributed by atoms with Gasteiger partial charge in [-0.1, -0.05) is 6.07 Å². The van der Waals surface area contributed by atoms with Crippen molar-refractivity contribution >= 4 is 21.8 Å². The Morgan fingerprint density at radius 1 is 1.48 bits per heavy atom. The summed E-state index contributed by atoms with van der Waals surface area (Å²) in [5.74, 6) is -0.430. The number of nitrogens with zero attached hydrogens (tertiary/aromatic N) is 3. The van der Waals surface area contributed by atoms with Crippen molar-refractivity contribution in [3.63, 3.8) is 0 Å². The first-order valence-electron chi connectivity index (χ1n) is 6.70. The number of halogens is 4. The molecule has 0 spiro atoms. The van der Waals surface area contributed by atoms with Crippen LogP contribution >= 0.6 is 15.9 Å². The van der Waals surface area contributed by atoms with E-state index in [1.54, 1.807) is 24.5 Å². The minimum absolute atomic E-state index is 0.156. The van der Waals surface area contributed by atoms with Crippen LogP contribution in [0.1, 0.15) is 29.9 Å². The molecule has 0 saturated heterocycles. The summed E-state index contributed by atoms with van der Waals surface area (Å²) in [6.45, 7) is 3.20. The Kier molecular flexibility index (Phi) is 5.08. The van der Waals surface area contributed by atoms with Crippen LogP contribution in [-0.2, 0) is 17.5 Å². The Morgan fingerprint density at radius 2 is 2.17 bits per heavy atom. The molecule has 2 aromatic rings. The van der Waals surface area contributed by atoms with Crippen LogP contribution in [-0.4, -0.2) is 20.7 Å². The van der Waals surface area contributed by atoms with E-state index < -0.39 is 23.8 Å². The van der Waals surface area contributed by atoms with Crippen LogP contribution in [0.4, 0.5) is 13.2 Å². The monoisotopic (exact) mass is 390 g/mol. The van der Waals surface area contributed by atoms with Gasteiger partial charge in [0.1, 0.15) is 6.04 Å². The van der Waals surface area contributed by atoms with Crippen molar-refractivity contribution in [2.75, 3.05) is 0 Å². The van der Waals surface area contributed by atoms with Crippen molar-refractivity contribution in [1.29, 1.82) is 0 Å². The summed E-state index contributed by atoms with van der Waals surface area (Å²) >= 11 is 2.89. The molecule has 2 aromatic heterocycles. The maximum Gasteiger partial charge on any atom is 0.436 e. The second-order valence-corrected chi connectivity index (χ2v) is 5.74. The van der Waals surface area contributed by atoms with Crippen LogP contribution in [0.2, 0.25) is 0 Å². The molecule has 0 bridgehead atoms. The predicted octanol–water partition coefficient (Wildman–Crippen LogP) is 3.25. The van der Waals surface area contributed by atoms with Crippen LogP contribution in [0.3, 0.4) is 0 Å². The largest absolute Gasteiger partial charge is 0.436 e. The van der Waals surface area contributed by atoms with E-state index in [0.29, 0.717) is 0 Å². The SMILES string of the molecule is Cc1c(Br)c(C(F)(F)F)nn1[C@H](C)C(=O)NCc1cccnc1. The molecule has 0 saturated carbocycles. The van der Waals surface area contributed by atoms with E-state index in [9.17, 15) is 18.0 Å². The van der Waals surface area contributed by atoms with Gasteiger partial charge < -0.3 is 5.32 Å². The molecule has 2 rings (SSSR count). The Hall–Kier alpha value is -1.90. The van der Waals surface area contributed by atoms with Gasteiger partial charge in [0.25, 0.3) is 0 Å². The maximum atomic E-state index is 12.9. The summed E-state index contributed by atoms with van der Waals surface area (Å²) < 4.78 is 39.5.